The quantitative estimate of drug-likeness (QED) is 0.909. The standard InChI is InChI=1S/C18H17FN2O2/c1-11-2-6-13(7-3-11)20-17(22)15-10-16(15)18(23)21-14-8-4-12(19)5-9-14/h2-9,15-16H,10H2,1H3,(H,20,22)(H,21,23). The summed E-state index contributed by atoms with van der Waals surface area (Å²) >= 11 is 0. The Labute approximate surface area is 133 Å². The maximum Gasteiger partial charge on any atom is 0.228 e. The minimum Gasteiger partial charge on any atom is -0.326 e. The number of amides is 2. The van der Waals surface area contributed by atoms with E-state index in [1.807, 2.05) is 31.2 Å². The van der Waals surface area contributed by atoms with E-state index in [1.54, 1.807) is 0 Å². The predicted molar refractivity (Wildman–Crippen MR) is 86.4 cm³/mol. The summed E-state index contributed by atoms with van der Waals surface area (Å²) in [5.41, 5.74) is 2.37. The number of carbonyl (C=O) groups is 2. The van der Waals surface area contributed by atoms with E-state index in [0.29, 0.717) is 12.1 Å². The van der Waals surface area contributed by atoms with Crippen molar-refractivity contribution in [2.45, 2.75) is 13.3 Å². The van der Waals surface area contributed by atoms with Crippen LogP contribution in [-0.2, 0) is 9.59 Å². The van der Waals surface area contributed by atoms with Crippen LogP contribution in [0.15, 0.2) is 48.5 Å². The molecule has 0 radical (unpaired) electrons. The Morgan fingerprint density at radius 1 is 0.870 bits per heavy atom. The van der Waals surface area contributed by atoms with Gasteiger partial charge in [-0.05, 0) is 49.7 Å². The fourth-order valence-electron chi connectivity index (χ4n) is 2.41. The van der Waals surface area contributed by atoms with Crippen molar-refractivity contribution in [1.29, 1.82) is 0 Å². The van der Waals surface area contributed by atoms with Gasteiger partial charge in [-0.25, -0.2) is 4.39 Å². The lowest BCUT2D eigenvalue weighted by Gasteiger charge is -2.06. The van der Waals surface area contributed by atoms with E-state index in [-0.39, 0.29) is 29.5 Å². The summed E-state index contributed by atoms with van der Waals surface area (Å²) < 4.78 is 12.8. The van der Waals surface area contributed by atoms with Gasteiger partial charge in [0.15, 0.2) is 0 Å². The van der Waals surface area contributed by atoms with Crippen LogP contribution in [0, 0.1) is 24.6 Å². The Morgan fingerprint density at radius 2 is 1.30 bits per heavy atom. The molecule has 0 heterocycles. The molecule has 1 aliphatic rings. The van der Waals surface area contributed by atoms with Crippen LogP contribution in [0.3, 0.4) is 0 Å². The second-order valence-electron chi connectivity index (χ2n) is 5.80. The molecule has 0 saturated heterocycles. The largest absolute Gasteiger partial charge is 0.326 e. The van der Waals surface area contributed by atoms with Gasteiger partial charge in [0.25, 0.3) is 0 Å². The topological polar surface area (TPSA) is 58.2 Å². The van der Waals surface area contributed by atoms with Crippen LogP contribution in [0.4, 0.5) is 15.8 Å². The average Bonchev–Trinajstić information content (AvgIpc) is 3.33. The Hall–Kier alpha value is -2.69. The molecular weight excluding hydrogens is 295 g/mol. The summed E-state index contributed by atoms with van der Waals surface area (Å²) in [6, 6.07) is 13.1. The molecule has 5 heteroatoms. The fraction of sp³-hybridized carbons (Fsp3) is 0.222. The molecule has 0 spiro atoms. The van der Waals surface area contributed by atoms with Crippen molar-refractivity contribution >= 4 is 23.2 Å². The number of aryl methyl sites for hydroxylation is 1. The molecule has 0 bridgehead atoms. The van der Waals surface area contributed by atoms with Gasteiger partial charge in [0.05, 0.1) is 11.8 Å². The highest BCUT2D eigenvalue weighted by Crippen LogP contribution is 2.40. The minimum atomic E-state index is -0.357. The fourth-order valence-corrected chi connectivity index (χ4v) is 2.41. The van der Waals surface area contributed by atoms with Crippen molar-refractivity contribution in [2.75, 3.05) is 10.6 Å². The normalized spacial score (nSPS) is 19.0. The number of benzene rings is 2. The van der Waals surface area contributed by atoms with Crippen molar-refractivity contribution in [3.05, 3.63) is 59.9 Å². The Bertz CT molecular complexity index is 662. The maximum atomic E-state index is 12.8. The molecule has 2 unspecified atom stereocenters. The predicted octanol–water partition coefficient (Wildman–Crippen LogP) is 3.35. The van der Waals surface area contributed by atoms with Crippen LogP contribution >= 0.6 is 0 Å². The molecule has 2 atom stereocenters. The molecule has 1 aliphatic carbocycles. The zero-order valence-corrected chi connectivity index (χ0v) is 12.7. The van der Waals surface area contributed by atoms with E-state index in [1.165, 1.54) is 24.3 Å². The molecule has 3 rings (SSSR count). The number of carbonyl (C=O) groups excluding carboxylic acids is 2. The van der Waals surface area contributed by atoms with Gasteiger partial charge in [-0.2, -0.15) is 0 Å². The molecular formula is C18H17FN2O2. The van der Waals surface area contributed by atoms with Crippen LogP contribution in [0.25, 0.3) is 0 Å². The highest BCUT2D eigenvalue weighted by Gasteiger charge is 2.48. The average molecular weight is 312 g/mol. The Balaban J connectivity index is 1.53. The summed E-state index contributed by atoms with van der Waals surface area (Å²) in [6.45, 7) is 1.97. The van der Waals surface area contributed by atoms with E-state index in [2.05, 4.69) is 10.6 Å². The molecule has 2 N–H and O–H groups in total. The van der Waals surface area contributed by atoms with Gasteiger partial charge in [-0.15, -0.1) is 0 Å². The lowest BCUT2D eigenvalue weighted by molar-refractivity contribution is -0.122. The van der Waals surface area contributed by atoms with E-state index >= 15 is 0 Å². The van der Waals surface area contributed by atoms with Crippen LogP contribution in [0.5, 0.6) is 0 Å². The Morgan fingerprint density at radius 3 is 1.78 bits per heavy atom. The summed E-state index contributed by atoms with van der Waals surface area (Å²) in [7, 11) is 0. The van der Waals surface area contributed by atoms with Gasteiger partial charge >= 0.3 is 0 Å². The molecule has 0 aromatic heterocycles. The van der Waals surface area contributed by atoms with E-state index in [0.717, 1.165) is 11.3 Å². The van der Waals surface area contributed by atoms with E-state index in [4.69, 9.17) is 0 Å². The summed E-state index contributed by atoms with van der Waals surface area (Å²) in [6.07, 6.45) is 0.532. The van der Waals surface area contributed by atoms with Crippen LogP contribution < -0.4 is 10.6 Å². The number of halogens is 1. The number of rotatable bonds is 4. The van der Waals surface area contributed by atoms with E-state index < -0.39 is 0 Å². The monoisotopic (exact) mass is 312 g/mol. The van der Waals surface area contributed by atoms with E-state index in [9.17, 15) is 14.0 Å². The number of nitrogens with one attached hydrogen (secondary N) is 2. The molecule has 0 aliphatic heterocycles. The van der Waals surface area contributed by atoms with Crippen molar-refractivity contribution < 1.29 is 14.0 Å². The van der Waals surface area contributed by atoms with Crippen molar-refractivity contribution in [3.63, 3.8) is 0 Å². The summed E-state index contributed by atoms with van der Waals surface area (Å²) in [4.78, 5) is 24.2. The van der Waals surface area contributed by atoms with Crippen LogP contribution in [0.1, 0.15) is 12.0 Å². The SMILES string of the molecule is Cc1ccc(NC(=O)C2CC2C(=O)Nc2ccc(F)cc2)cc1. The highest BCUT2D eigenvalue weighted by atomic mass is 19.1. The molecule has 4 nitrogen and oxygen atoms in total. The zero-order valence-electron chi connectivity index (χ0n) is 12.7. The molecule has 1 fully saturated rings. The molecule has 2 aromatic carbocycles. The first-order valence-electron chi connectivity index (χ1n) is 7.47. The molecule has 118 valence electrons. The summed E-state index contributed by atoms with van der Waals surface area (Å²) in [5.74, 6) is -1.35. The molecule has 2 aromatic rings. The van der Waals surface area contributed by atoms with Gasteiger partial charge in [0, 0.05) is 11.4 Å². The van der Waals surface area contributed by atoms with Crippen LogP contribution in [0.2, 0.25) is 0 Å². The van der Waals surface area contributed by atoms with Crippen molar-refractivity contribution in [3.8, 4) is 0 Å². The van der Waals surface area contributed by atoms with Gasteiger partial charge < -0.3 is 10.6 Å². The second-order valence-corrected chi connectivity index (χ2v) is 5.80. The highest BCUT2D eigenvalue weighted by molar-refractivity contribution is 6.03. The summed E-state index contributed by atoms with van der Waals surface area (Å²) in [5, 5.41) is 5.52. The first-order chi connectivity index (χ1) is 11.0. The number of hydrogen-bond acceptors (Lipinski definition) is 2. The van der Waals surface area contributed by atoms with Crippen molar-refractivity contribution in [1.82, 2.24) is 0 Å². The maximum absolute atomic E-state index is 12.8. The number of hydrogen-bond donors (Lipinski definition) is 2. The van der Waals surface area contributed by atoms with Gasteiger partial charge in [0.2, 0.25) is 11.8 Å². The Kier molecular flexibility index (Phi) is 4.10. The smallest absolute Gasteiger partial charge is 0.228 e. The second kappa shape index (κ2) is 6.20. The lowest BCUT2D eigenvalue weighted by atomic mass is 10.2. The van der Waals surface area contributed by atoms with Crippen LogP contribution in [-0.4, -0.2) is 11.8 Å². The molecule has 2 amide bonds. The third-order valence-electron chi connectivity index (χ3n) is 3.89. The third-order valence-corrected chi connectivity index (χ3v) is 3.89. The van der Waals surface area contributed by atoms with Crippen molar-refractivity contribution in [2.24, 2.45) is 11.8 Å². The van der Waals surface area contributed by atoms with Gasteiger partial charge in [0.1, 0.15) is 5.82 Å². The zero-order chi connectivity index (χ0) is 16.4. The van der Waals surface area contributed by atoms with Gasteiger partial charge in [-0.1, -0.05) is 17.7 Å². The lowest BCUT2D eigenvalue weighted by Crippen LogP contribution is -2.20. The third kappa shape index (κ3) is 3.74. The molecule has 1 saturated carbocycles. The molecule has 23 heavy (non-hydrogen) atoms. The minimum absolute atomic E-state index is 0.145. The van der Waals surface area contributed by atoms with Gasteiger partial charge in [-0.3, -0.25) is 9.59 Å². The first-order valence-corrected chi connectivity index (χ1v) is 7.47. The number of anilines is 2. The first kappa shape index (κ1) is 15.2.